The van der Waals surface area contributed by atoms with Crippen LogP contribution in [0.4, 0.5) is 0 Å². The van der Waals surface area contributed by atoms with Crippen LogP contribution in [0.3, 0.4) is 0 Å². The second-order valence-electron chi connectivity index (χ2n) is 8.66. The molecule has 154 valence electrons. The normalized spacial score (nSPS) is 30.3. The van der Waals surface area contributed by atoms with E-state index in [1.165, 1.54) is 9.80 Å². The molecule has 0 radical (unpaired) electrons. The SMILES string of the molecule is O=C1[C@H]2CC=CC[C@H]2C(=O)N1Cc1cccc(CN2C(=O)[C@H]3CC=CC[C@H]3C2=O)c1. The molecule has 2 saturated heterocycles. The van der Waals surface area contributed by atoms with Crippen LogP contribution in [-0.2, 0) is 32.3 Å². The van der Waals surface area contributed by atoms with Gasteiger partial charge in [-0.1, -0.05) is 48.6 Å². The van der Waals surface area contributed by atoms with Crippen LogP contribution >= 0.6 is 0 Å². The lowest BCUT2D eigenvalue weighted by atomic mass is 9.85. The highest BCUT2D eigenvalue weighted by molar-refractivity contribution is 6.06. The molecule has 5 rings (SSSR count). The Balaban J connectivity index is 1.31. The van der Waals surface area contributed by atoms with Crippen LogP contribution in [0.5, 0.6) is 0 Å². The Morgan fingerprint density at radius 1 is 0.600 bits per heavy atom. The second-order valence-corrected chi connectivity index (χ2v) is 8.66. The number of allylic oxidation sites excluding steroid dienone is 4. The van der Waals surface area contributed by atoms with E-state index in [0.29, 0.717) is 25.7 Å². The Morgan fingerprint density at radius 2 is 0.933 bits per heavy atom. The van der Waals surface area contributed by atoms with Gasteiger partial charge < -0.3 is 0 Å². The van der Waals surface area contributed by atoms with E-state index in [1.54, 1.807) is 0 Å². The van der Waals surface area contributed by atoms with Crippen LogP contribution in [0.25, 0.3) is 0 Å². The Bertz CT molecular complexity index is 867. The standard InChI is InChI=1S/C24H24N2O4/c27-21-17-8-1-2-9-18(17)22(28)25(21)13-15-6-5-7-16(12-15)14-26-23(29)19-10-3-4-11-20(19)24(26)30/h1-7,12,17-20H,8-11,13-14H2/t17-,18+,19-,20+. The average Bonchev–Trinajstić information content (AvgIpc) is 3.15. The number of hydrogen-bond donors (Lipinski definition) is 0. The van der Waals surface area contributed by atoms with Crippen LogP contribution in [0, 0.1) is 23.7 Å². The number of amides is 4. The van der Waals surface area contributed by atoms with Crippen molar-refractivity contribution in [1.29, 1.82) is 0 Å². The van der Waals surface area contributed by atoms with Crippen molar-refractivity contribution in [2.75, 3.05) is 0 Å². The van der Waals surface area contributed by atoms with Crippen LogP contribution in [0.2, 0.25) is 0 Å². The lowest BCUT2D eigenvalue weighted by Crippen LogP contribution is -2.31. The number of carbonyl (C=O) groups excluding carboxylic acids is 4. The van der Waals surface area contributed by atoms with E-state index in [-0.39, 0.29) is 60.4 Å². The van der Waals surface area contributed by atoms with Crippen molar-refractivity contribution in [3.8, 4) is 0 Å². The largest absolute Gasteiger partial charge is 0.278 e. The smallest absolute Gasteiger partial charge is 0.233 e. The highest BCUT2D eigenvalue weighted by atomic mass is 16.2. The van der Waals surface area contributed by atoms with Gasteiger partial charge in [-0.2, -0.15) is 0 Å². The fourth-order valence-electron chi connectivity index (χ4n) is 5.24. The van der Waals surface area contributed by atoms with Crippen molar-refractivity contribution < 1.29 is 19.2 Å². The van der Waals surface area contributed by atoms with Gasteiger partial charge >= 0.3 is 0 Å². The number of benzene rings is 1. The van der Waals surface area contributed by atoms with E-state index < -0.39 is 0 Å². The Labute approximate surface area is 175 Å². The third kappa shape index (κ3) is 3.02. The predicted molar refractivity (Wildman–Crippen MR) is 108 cm³/mol. The molecule has 0 bridgehead atoms. The van der Waals surface area contributed by atoms with E-state index in [4.69, 9.17) is 0 Å². The van der Waals surface area contributed by atoms with Crippen LogP contribution in [0.15, 0.2) is 48.6 Å². The summed E-state index contributed by atoms with van der Waals surface area (Å²) in [6.07, 6.45) is 10.4. The fraction of sp³-hybridized carbons (Fsp3) is 0.417. The molecule has 0 saturated carbocycles. The minimum atomic E-state index is -0.234. The van der Waals surface area contributed by atoms with Gasteiger partial charge in [0.15, 0.2) is 0 Å². The van der Waals surface area contributed by atoms with Crippen LogP contribution < -0.4 is 0 Å². The van der Waals surface area contributed by atoms with Gasteiger partial charge in [0.25, 0.3) is 0 Å². The van der Waals surface area contributed by atoms with Gasteiger partial charge in [-0.25, -0.2) is 0 Å². The number of likely N-dealkylation sites (tertiary alicyclic amines) is 2. The summed E-state index contributed by atoms with van der Waals surface area (Å²) >= 11 is 0. The quantitative estimate of drug-likeness (QED) is 0.571. The summed E-state index contributed by atoms with van der Waals surface area (Å²) in [6, 6.07) is 7.49. The summed E-state index contributed by atoms with van der Waals surface area (Å²) < 4.78 is 0. The third-order valence-electron chi connectivity index (χ3n) is 6.87. The van der Waals surface area contributed by atoms with Gasteiger partial charge in [0.1, 0.15) is 0 Å². The minimum absolute atomic E-state index is 0.0961. The summed E-state index contributed by atoms with van der Waals surface area (Å²) in [5.41, 5.74) is 1.66. The molecule has 2 fully saturated rings. The van der Waals surface area contributed by atoms with Gasteiger partial charge in [-0.05, 0) is 36.8 Å². The van der Waals surface area contributed by atoms with Gasteiger partial charge in [-0.3, -0.25) is 29.0 Å². The second kappa shape index (κ2) is 7.35. The number of fused-ring (bicyclic) bond motifs is 2. The van der Waals surface area contributed by atoms with Crippen molar-refractivity contribution in [1.82, 2.24) is 9.80 Å². The van der Waals surface area contributed by atoms with Gasteiger partial charge in [0.2, 0.25) is 23.6 Å². The first-order chi connectivity index (χ1) is 14.5. The Kier molecular flexibility index (Phi) is 4.65. The molecule has 0 spiro atoms. The molecule has 4 amide bonds. The topological polar surface area (TPSA) is 74.8 Å². The Morgan fingerprint density at radius 3 is 1.27 bits per heavy atom. The van der Waals surface area contributed by atoms with Gasteiger partial charge in [0.05, 0.1) is 36.8 Å². The minimum Gasteiger partial charge on any atom is -0.278 e. The molecule has 30 heavy (non-hydrogen) atoms. The van der Waals surface area contributed by atoms with E-state index in [9.17, 15) is 19.2 Å². The molecule has 0 aromatic heterocycles. The number of rotatable bonds is 4. The van der Waals surface area contributed by atoms with E-state index in [1.807, 2.05) is 48.6 Å². The highest BCUT2D eigenvalue weighted by Crippen LogP contribution is 2.37. The van der Waals surface area contributed by atoms with E-state index >= 15 is 0 Å². The van der Waals surface area contributed by atoms with Crippen LogP contribution in [-0.4, -0.2) is 33.4 Å². The summed E-state index contributed by atoms with van der Waals surface area (Å²) in [6.45, 7) is 0.463. The molecule has 6 nitrogen and oxygen atoms in total. The maximum atomic E-state index is 12.7. The van der Waals surface area contributed by atoms with Crippen molar-refractivity contribution >= 4 is 23.6 Å². The molecule has 2 heterocycles. The van der Waals surface area contributed by atoms with Crippen molar-refractivity contribution in [3.05, 3.63) is 59.7 Å². The fourth-order valence-corrected chi connectivity index (χ4v) is 5.24. The van der Waals surface area contributed by atoms with E-state index in [0.717, 1.165) is 11.1 Å². The molecule has 0 unspecified atom stereocenters. The molecular formula is C24H24N2O4. The molecule has 4 aliphatic rings. The molecule has 4 atom stereocenters. The zero-order valence-electron chi connectivity index (χ0n) is 16.7. The number of hydrogen-bond acceptors (Lipinski definition) is 4. The molecule has 2 aliphatic heterocycles. The summed E-state index contributed by atoms with van der Waals surface area (Å²) in [5, 5.41) is 0. The highest BCUT2D eigenvalue weighted by Gasteiger charge is 2.48. The predicted octanol–water partition coefficient (Wildman–Crippen LogP) is 2.59. The average molecular weight is 404 g/mol. The Hall–Kier alpha value is -3.02. The van der Waals surface area contributed by atoms with Crippen molar-refractivity contribution in [2.45, 2.75) is 38.8 Å². The zero-order chi connectivity index (χ0) is 20.8. The van der Waals surface area contributed by atoms with Crippen molar-refractivity contribution in [3.63, 3.8) is 0 Å². The number of imide groups is 2. The van der Waals surface area contributed by atoms with E-state index in [2.05, 4.69) is 0 Å². The summed E-state index contributed by atoms with van der Waals surface area (Å²) in [7, 11) is 0. The van der Waals surface area contributed by atoms with Crippen LogP contribution in [0.1, 0.15) is 36.8 Å². The lowest BCUT2D eigenvalue weighted by Gasteiger charge is -2.18. The molecule has 1 aromatic carbocycles. The lowest BCUT2D eigenvalue weighted by molar-refractivity contribution is -0.142. The number of nitrogens with zero attached hydrogens (tertiary/aromatic N) is 2. The molecule has 0 N–H and O–H groups in total. The summed E-state index contributed by atoms with van der Waals surface area (Å²) in [4.78, 5) is 53.6. The first-order valence-electron chi connectivity index (χ1n) is 10.6. The monoisotopic (exact) mass is 404 g/mol. The third-order valence-corrected chi connectivity index (χ3v) is 6.87. The van der Waals surface area contributed by atoms with Gasteiger partial charge in [-0.15, -0.1) is 0 Å². The number of carbonyl (C=O) groups is 4. The molecular weight excluding hydrogens is 380 g/mol. The zero-order valence-corrected chi connectivity index (χ0v) is 16.7. The van der Waals surface area contributed by atoms with Gasteiger partial charge in [0, 0.05) is 0 Å². The maximum Gasteiger partial charge on any atom is 0.233 e. The molecule has 2 aliphatic carbocycles. The maximum absolute atomic E-state index is 12.7. The first-order valence-corrected chi connectivity index (χ1v) is 10.6. The summed E-state index contributed by atoms with van der Waals surface area (Å²) in [5.74, 6) is -1.32. The molecule has 6 heteroatoms. The first kappa shape index (κ1) is 19.0. The molecule has 1 aromatic rings. The van der Waals surface area contributed by atoms with Crippen molar-refractivity contribution in [2.24, 2.45) is 23.7 Å².